The van der Waals surface area contributed by atoms with Gasteiger partial charge in [0.15, 0.2) is 0 Å². The zero-order valence-electron chi connectivity index (χ0n) is 11.3. The first-order valence-electron chi connectivity index (χ1n) is 7.02. The average Bonchev–Trinajstić information content (AvgIpc) is 2.86. The van der Waals surface area contributed by atoms with Crippen molar-refractivity contribution in [3.8, 4) is 0 Å². The third-order valence-electron chi connectivity index (χ3n) is 4.34. The van der Waals surface area contributed by atoms with Crippen molar-refractivity contribution >= 4 is 0 Å². The summed E-state index contributed by atoms with van der Waals surface area (Å²) in [6.07, 6.45) is 5.41. The lowest BCUT2D eigenvalue weighted by molar-refractivity contribution is 0.0660. The second-order valence-corrected chi connectivity index (χ2v) is 5.57. The number of piperidine rings is 1. The van der Waals surface area contributed by atoms with Gasteiger partial charge in [-0.05, 0) is 38.4 Å². The van der Waals surface area contributed by atoms with Crippen LogP contribution in [-0.4, -0.2) is 58.4 Å². The molecule has 3 heterocycles. The van der Waals surface area contributed by atoms with Gasteiger partial charge in [-0.1, -0.05) is 0 Å². The van der Waals surface area contributed by atoms with Gasteiger partial charge in [0.1, 0.15) is 6.33 Å². The molecule has 1 N–H and O–H groups in total. The predicted octanol–water partition coefficient (Wildman–Crippen LogP) is 0.724. The number of hydrogen-bond donors (Lipinski definition) is 1. The molecule has 104 valence electrons. The summed E-state index contributed by atoms with van der Waals surface area (Å²) in [6, 6.07) is 0.187. The van der Waals surface area contributed by atoms with E-state index in [0.29, 0.717) is 19.1 Å². The molecule has 2 fully saturated rings. The maximum absolute atomic E-state index is 9.88. The normalized spacial score (nSPS) is 29.8. The van der Waals surface area contributed by atoms with Gasteiger partial charge in [-0.2, -0.15) is 0 Å². The highest BCUT2D eigenvalue weighted by atomic mass is 16.5. The SMILES string of the molecule is Cc1cncnc1C1CCN(C2COCC2O)CC1. The molecular weight excluding hydrogens is 242 g/mol. The number of ether oxygens (including phenoxy) is 1. The summed E-state index contributed by atoms with van der Waals surface area (Å²) in [5.74, 6) is 0.527. The fourth-order valence-electron chi connectivity index (χ4n) is 3.22. The zero-order valence-corrected chi connectivity index (χ0v) is 11.3. The van der Waals surface area contributed by atoms with E-state index >= 15 is 0 Å². The highest BCUT2D eigenvalue weighted by Gasteiger charge is 2.34. The molecule has 0 aliphatic carbocycles. The van der Waals surface area contributed by atoms with Gasteiger partial charge >= 0.3 is 0 Å². The van der Waals surface area contributed by atoms with Gasteiger partial charge in [0, 0.05) is 17.8 Å². The van der Waals surface area contributed by atoms with Gasteiger partial charge in [0.25, 0.3) is 0 Å². The highest BCUT2D eigenvalue weighted by molar-refractivity contribution is 5.19. The lowest BCUT2D eigenvalue weighted by Gasteiger charge is -2.36. The van der Waals surface area contributed by atoms with E-state index in [9.17, 15) is 5.11 Å². The maximum atomic E-state index is 9.88. The number of hydrogen-bond acceptors (Lipinski definition) is 5. The smallest absolute Gasteiger partial charge is 0.115 e. The second-order valence-electron chi connectivity index (χ2n) is 5.57. The van der Waals surface area contributed by atoms with Crippen molar-refractivity contribution in [2.24, 2.45) is 0 Å². The molecule has 5 nitrogen and oxygen atoms in total. The Balaban J connectivity index is 1.62. The lowest BCUT2D eigenvalue weighted by Crippen LogP contribution is -2.46. The number of aliphatic hydroxyl groups is 1. The molecule has 0 spiro atoms. The molecule has 0 aromatic carbocycles. The molecule has 1 aromatic rings. The van der Waals surface area contributed by atoms with Crippen molar-refractivity contribution in [1.82, 2.24) is 14.9 Å². The zero-order chi connectivity index (χ0) is 13.2. The van der Waals surface area contributed by atoms with Gasteiger partial charge < -0.3 is 9.84 Å². The molecule has 2 saturated heterocycles. The van der Waals surface area contributed by atoms with E-state index < -0.39 is 0 Å². The van der Waals surface area contributed by atoms with Gasteiger partial charge in [0.05, 0.1) is 25.4 Å². The van der Waals surface area contributed by atoms with E-state index in [1.807, 2.05) is 6.20 Å². The minimum Gasteiger partial charge on any atom is -0.389 e. The number of likely N-dealkylation sites (tertiary alicyclic amines) is 1. The van der Waals surface area contributed by atoms with Gasteiger partial charge in [-0.25, -0.2) is 9.97 Å². The number of aromatic nitrogens is 2. The fraction of sp³-hybridized carbons (Fsp3) is 0.714. The fourth-order valence-corrected chi connectivity index (χ4v) is 3.22. The summed E-state index contributed by atoms with van der Waals surface area (Å²) in [5, 5.41) is 9.88. The van der Waals surface area contributed by atoms with Crippen molar-refractivity contribution in [2.75, 3.05) is 26.3 Å². The summed E-state index contributed by atoms with van der Waals surface area (Å²) in [6.45, 7) is 5.25. The molecule has 3 rings (SSSR count). The molecule has 0 saturated carbocycles. The first kappa shape index (κ1) is 13.0. The first-order valence-corrected chi connectivity index (χ1v) is 7.02. The Kier molecular flexibility index (Phi) is 3.77. The molecule has 2 aliphatic rings. The maximum Gasteiger partial charge on any atom is 0.115 e. The van der Waals surface area contributed by atoms with Crippen molar-refractivity contribution in [3.05, 3.63) is 23.8 Å². The summed E-state index contributed by atoms with van der Waals surface area (Å²) < 4.78 is 5.34. The Hall–Kier alpha value is -1.04. The van der Waals surface area contributed by atoms with E-state index in [4.69, 9.17) is 4.74 Å². The van der Waals surface area contributed by atoms with Crippen LogP contribution in [-0.2, 0) is 4.74 Å². The monoisotopic (exact) mass is 263 g/mol. The van der Waals surface area contributed by atoms with Crippen LogP contribution in [0, 0.1) is 6.92 Å². The van der Waals surface area contributed by atoms with Crippen LogP contribution in [0.25, 0.3) is 0 Å². The van der Waals surface area contributed by atoms with Crippen molar-refractivity contribution in [3.63, 3.8) is 0 Å². The molecule has 1 aromatic heterocycles. The largest absolute Gasteiger partial charge is 0.389 e. The molecule has 0 amide bonds. The van der Waals surface area contributed by atoms with Crippen LogP contribution in [0.15, 0.2) is 12.5 Å². The lowest BCUT2D eigenvalue weighted by atomic mass is 9.90. The van der Waals surface area contributed by atoms with E-state index in [2.05, 4.69) is 21.8 Å². The minimum absolute atomic E-state index is 0.187. The first-order chi connectivity index (χ1) is 9.25. The standard InChI is InChI=1S/C14H21N3O2/c1-10-6-15-9-16-14(10)11-2-4-17(5-3-11)12-7-19-8-13(12)18/h6,9,11-13,18H,2-5,7-8H2,1H3. The number of aryl methyl sites for hydroxylation is 1. The predicted molar refractivity (Wildman–Crippen MR) is 70.9 cm³/mol. The molecule has 19 heavy (non-hydrogen) atoms. The highest BCUT2D eigenvalue weighted by Crippen LogP contribution is 2.30. The van der Waals surface area contributed by atoms with Crippen LogP contribution in [0.5, 0.6) is 0 Å². The number of nitrogens with zero attached hydrogens (tertiary/aromatic N) is 3. The Morgan fingerprint density at radius 3 is 2.74 bits per heavy atom. The number of rotatable bonds is 2. The van der Waals surface area contributed by atoms with Crippen LogP contribution in [0.3, 0.4) is 0 Å². The third-order valence-corrected chi connectivity index (χ3v) is 4.34. The van der Waals surface area contributed by atoms with Crippen LogP contribution >= 0.6 is 0 Å². The summed E-state index contributed by atoms with van der Waals surface area (Å²) in [7, 11) is 0. The molecule has 2 atom stereocenters. The van der Waals surface area contributed by atoms with E-state index in [1.54, 1.807) is 6.33 Å². The Morgan fingerprint density at radius 1 is 1.32 bits per heavy atom. The molecule has 0 radical (unpaired) electrons. The Bertz CT molecular complexity index is 432. The van der Waals surface area contributed by atoms with E-state index in [0.717, 1.165) is 25.9 Å². The third kappa shape index (κ3) is 2.63. The van der Waals surface area contributed by atoms with Crippen LogP contribution in [0.2, 0.25) is 0 Å². The van der Waals surface area contributed by atoms with Crippen molar-refractivity contribution < 1.29 is 9.84 Å². The Morgan fingerprint density at radius 2 is 2.11 bits per heavy atom. The van der Waals surface area contributed by atoms with Crippen molar-refractivity contribution in [2.45, 2.75) is 37.8 Å². The van der Waals surface area contributed by atoms with Gasteiger partial charge in [-0.3, -0.25) is 4.90 Å². The quantitative estimate of drug-likeness (QED) is 0.852. The van der Waals surface area contributed by atoms with Crippen LogP contribution in [0.4, 0.5) is 0 Å². The molecule has 5 heteroatoms. The van der Waals surface area contributed by atoms with Gasteiger partial charge in [0.2, 0.25) is 0 Å². The van der Waals surface area contributed by atoms with Crippen LogP contribution < -0.4 is 0 Å². The van der Waals surface area contributed by atoms with E-state index in [-0.39, 0.29) is 12.1 Å². The topological polar surface area (TPSA) is 58.5 Å². The average molecular weight is 263 g/mol. The molecule has 2 unspecified atom stereocenters. The van der Waals surface area contributed by atoms with E-state index in [1.165, 1.54) is 11.3 Å². The van der Waals surface area contributed by atoms with Crippen LogP contribution in [0.1, 0.15) is 30.0 Å². The number of aliphatic hydroxyl groups excluding tert-OH is 1. The molecule has 0 bridgehead atoms. The van der Waals surface area contributed by atoms with Crippen molar-refractivity contribution in [1.29, 1.82) is 0 Å². The van der Waals surface area contributed by atoms with Gasteiger partial charge in [-0.15, -0.1) is 0 Å². The second kappa shape index (κ2) is 5.53. The molecular formula is C14H21N3O2. The minimum atomic E-state index is -0.322. The summed E-state index contributed by atoms with van der Waals surface area (Å²) in [4.78, 5) is 10.9. The summed E-state index contributed by atoms with van der Waals surface area (Å²) >= 11 is 0. The molecule has 2 aliphatic heterocycles. The summed E-state index contributed by atoms with van der Waals surface area (Å²) in [5.41, 5.74) is 2.38. The Labute approximate surface area is 113 Å².